The van der Waals surface area contributed by atoms with Crippen molar-refractivity contribution in [1.82, 2.24) is 24.3 Å². The lowest BCUT2D eigenvalue weighted by Gasteiger charge is -2.06. The summed E-state index contributed by atoms with van der Waals surface area (Å²) in [4.78, 5) is 16.4. The predicted molar refractivity (Wildman–Crippen MR) is 101 cm³/mol. The molecule has 0 aliphatic rings. The van der Waals surface area contributed by atoms with Gasteiger partial charge in [0.1, 0.15) is 5.69 Å². The first kappa shape index (κ1) is 17.6. The molecule has 1 N–H and O–H groups in total. The Kier molecular flexibility index (Phi) is 5.44. The second-order valence-electron chi connectivity index (χ2n) is 5.26. The molecule has 1 aromatic carbocycles. The normalized spacial score (nSPS) is 10.8. The zero-order chi connectivity index (χ0) is 17.8. The van der Waals surface area contributed by atoms with E-state index in [1.165, 1.54) is 11.8 Å². The molecule has 25 heavy (non-hydrogen) atoms. The number of nitrogens with one attached hydrogen (secondary N) is 1. The maximum atomic E-state index is 12.1. The van der Waals surface area contributed by atoms with Crippen molar-refractivity contribution >= 4 is 35.1 Å². The number of carbonyl (C=O) groups excluding carboxylic acids is 1. The van der Waals surface area contributed by atoms with Gasteiger partial charge in [-0.3, -0.25) is 4.79 Å². The van der Waals surface area contributed by atoms with Crippen LogP contribution in [0.1, 0.15) is 0 Å². The third-order valence-corrected chi connectivity index (χ3v) is 5.35. The maximum Gasteiger partial charge on any atom is 0.234 e. The lowest BCUT2D eigenvalue weighted by atomic mass is 10.3. The lowest BCUT2D eigenvalue weighted by molar-refractivity contribution is -0.113. The van der Waals surface area contributed by atoms with Gasteiger partial charge in [0.25, 0.3) is 0 Å². The average Bonchev–Trinajstić information content (AvgIpc) is 3.16. The van der Waals surface area contributed by atoms with E-state index in [0.29, 0.717) is 5.16 Å². The molecule has 1 amide bonds. The predicted octanol–water partition coefficient (Wildman–Crippen LogP) is 2.67. The van der Waals surface area contributed by atoms with Gasteiger partial charge in [-0.15, -0.1) is 10.2 Å². The van der Waals surface area contributed by atoms with Crippen LogP contribution in [0.2, 0.25) is 0 Å². The number of hydrogen-bond acceptors (Lipinski definition) is 6. The van der Waals surface area contributed by atoms with Gasteiger partial charge in [-0.25, -0.2) is 4.98 Å². The number of rotatable bonds is 6. The van der Waals surface area contributed by atoms with Crippen molar-refractivity contribution < 1.29 is 4.79 Å². The largest absolute Gasteiger partial charge is 0.325 e. The SMILES string of the molecule is CSc1ncc(-c2nnc(SCC(=O)Nc3ccccc3)n2C)n1C. The second-order valence-corrected chi connectivity index (χ2v) is 6.97. The van der Waals surface area contributed by atoms with Crippen LogP contribution in [0.4, 0.5) is 5.69 Å². The fourth-order valence-corrected chi connectivity index (χ4v) is 3.54. The minimum atomic E-state index is -0.0778. The van der Waals surface area contributed by atoms with Crippen molar-refractivity contribution in [3.05, 3.63) is 36.5 Å². The molecule has 2 heterocycles. The number of para-hydroxylation sites is 1. The highest BCUT2D eigenvalue weighted by Crippen LogP contribution is 2.25. The highest BCUT2D eigenvalue weighted by Gasteiger charge is 2.17. The summed E-state index contributed by atoms with van der Waals surface area (Å²) in [5.74, 6) is 0.912. The van der Waals surface area contributed by atoms with Crippen molar-refractivity contribution in [3.8, 4) is 11.5 Å². The fraction of sp³-hybridized carbons (Fsp3) is 0.250. The van der Waals surface area contributed by atoms with E-state index in [9.17, 15) is 4.79 Å². The number of anilines is 1. The van der Waals surface area contributed by atoms with E-state index in [-0.39, 0.29) is 11.7 Å². The summed E-state index contributed by atoms with van der Waals surface area (Å²) in [6.45, 7) is 0. The van der Waals surface area contributed by atoms with Crippen LogP contribution < -0.4 is 5.32 Å². The van der Waals surface area contributed by atoms with Gasteiger partial charge in [0.2, 0.25) is 5.91 Å². The van der Waals surface area contributed by atoms with Crippen LogP contribution in [0.5, 0.6) is 0 Å². The summed E-state index contributed by atoms with van der Waals surface area (Å²) in [7, 11) is 3.83. The Balaban J connectivity index is 1.67. The van der Waals surface area contributed by atoms with Crippen molar-refractivity contribution in [3.63, 3.8) is 0 Å². The molecule has 9 heteroatoms. The molecule has 0 radical (unpaired) electrons. The second kappa shape index (κ2) is 7.75. The number of imidazole rings is 1. The van der Waals surface area contributed by atoms with E-state index in [1.807, 2.05) is 59.8 Å². The highest BCUT2D eigenvalue weighted by molar-refractivity contribution is 7.99. The first-order valence-corrected chi connectivity index (χ1v) is 9.74. The monoisotopic (exact) mass is 374 g/mol. The number of benzene rings is 1. The number of aromatic nitrogens is 5. The number of thioether (sulfide) groups is 2. The topological polar surface area (TPSA) is 77.6 Å². The minimum absolute atomic E-state index is 0.0778. The third kappa shape index (κ3) is 3.88. The molecular weight excluding hydrogens is 356 g/mol. The van der Waals surface area contributed by atoms with Gasteiger partial charge < -0.3 is 14.5 Å². The third-order valence-electron chi connectivity index (χ3n) is 3.58. The van der Waals surface area contributed by atoms with E-state index in [0.717, 1.165) is 22.4 Å². The molecule has 130 valence electrons. The molecule has 0 bridgehead atoms. The van der Waals surface area contributed by atoms with Crippen molar-refractivity contribution in [1.29, 1.82) is 0 Å². The van der Waals surface area contributed by atoms with E-state index < -0.39 is 0 Å². The minimum Gasteiger partial charge on any atom is -0.325 e. The number of amides is 1. The smallest absolute Gasteiger partial charge is 0.234 e. The Hall–Kier alpha value is -2.26. The van der Waals surface area contributed by atoms with E-state index in [1.54, 1.807) is 18.0 Å². The molecule has 0 saturated carbocycles. The summed E-state index contributed by atoms with van der Waals surface area (Å²) < 4.78 is 3.85. The van der Waals surface area contributed by atoms with Gasteiger partial charge in [-0.05, 0) is 18.4 Å². The van der Waals surface area contributed by atoms with Crippen LogP contribution in [-0.4, -0.2) is 42.2 Å². The molecule has 0 saturated heterocycles. The lowest BCUT2D eigenvalue weighted by Crippen LogP contribution is -2.14. The van der Waals surface area contributed by atoms with Crippen molar-refractivity contribution in [2.45, 2.75) is 10.3 Å². The van der Waals surface area contributed by atoms with Crippen LogP contribution in [-0.2, 0) is 18.9 Å². The van der Waals surface area contributed by atoms with Crippen LogP contribution in [0.25, 0.3) is 11.5 Å². The zero-order valence-corrected chi connectivity index (χ0v) is 15.8. The quantitative estimate of drug-likeness (QED) is 0.669. The molecule has 0 fully saturated rings. The van der Waals surface area contributed by atoms with Crippen LogP contribution in [0.15, 0.2) is 46.8 Å². The maximum absolute atomic E-state index is 12.1. The molecule has 3 rings (SSSR count). The Bertz CT molecular complexity index is 874. The van der Waals surface area contributed by atoms with Gasteiger partial charge in [-0.1, -0.05) is 41.7 Å². The van der Waals surface area contributed by atoms with Gasteiger partial charge in [0, 0.05) is 19.8 Å². The van der Waals surface area contributed by atoms with Gasteiger partial charge in [0.05, 0.1) is 11.9 Å². The molecule has 0 spiro atoms. The van der Waals surface area contributed by atoms with Crippen molar-refractivity contribution in [2.75, 3.05) is 17.3 Å². The van der Waals surface area contributed by atoms with E-state index >= 15 is 0 Å². The Morgan fingerprint density at radius 2 is 1.88 bits per heavy atom. The number of nitrogens with zero attached hydrogens (tertiary/aromatic N) is 5. The summed E-state index contributed by atoms with van der Waals surface area (Å²) in [5, 5.41) is 12.9. The molecule has 0 aliphatic heterocycles. The highest BCUT2D eigenvalue weighted by atomic mass is 32.2. The molecular formula is C16H18N6OS2. The first-order chi connectivity index (χ1) is 12.1. The van der Waals surface area contributed by atoms with E-state index in [2.05, 4.69) is 20.5 Å². The zero-order valence-electron chi connectivity index (χ0n) is 14.1. The molecule has 0 unspecified atom stereocenters. The van der Waals surface area contributed by atoms with Gasteiger partial charge >= 0.3 is 0 Å². The molecule has 2 aromatic heterocycles. The van der Waals surface area contributed by atoms with Gasteiger partial charge in [0.15, 0.2) is 16.1 Å². The molecule has 7 nitrogen and oxygen atoms in total. The van der Waals surface area contributed by atoms with Gasteiger partial charge in [-0.2, -0.15) is 0 Å². The van der Waals surface area contributed by atoms with Crippen LogP contribution in [0, 0.1) is 0 Å². The standard InChI is InChI=1S/C16H18N6OS2/c1-21-12(9-17-15(21)24-3)14-19-20-16(22(14)2)25-10-13(23)18-11-7-5-4-6-8-11/h4-9H,10H2,1-3H3,(H,18,23). The van der Waals surface area contributed by atoms with Crippen LogP contribution in [0.3, 0.4) is 0 Å². The number of carbonyl (C=O) groups is 1. The Morgan fingerprint density at radius 1 is 1.12 bits per heavy atom. The van der Waals surface area contributed by atoms with Crippen LogP contribution >= 0.6 is 23.5 Å². The number of hydrogen-bond donors (Lipinski definition) is 1. The average molecular weight is 374 g/mol. The van der Waals surface area contributed by atoms with Crippen molar-refractivity contribution in [2.24, 2.45) is 14.1 Å². The Morgan fingerprint density at radius 3 is 2.56 bits per heavy atom. The summed E-state index contributed by atoms with van der Waals surface area (Å²) in [5.41, 5.74) is 1.67. The summed E-state index contributed by atoms with van der Waals surface area (Å²) in [6.07, 6.45) is 3.77. The fourth-order valence-electron chi connectivity index (χ4n) is 2.30. The Labute approximate surface area is 154 Å². The molecule has 3 aromatic rings. The van der Waals surface area contributed by atoms with E-state index in [4.69, 9.17) is 0 Å². The summed E-state index contributed by atoms with van der Waals surface area (Å²) >= 11 is 2.93. The summed E-state index contributed by atoms with van der Waals surface area (Å²) in [6, 6.07) is 9.39. The molecule has 0 aliphatic carbocycles. The first-order valence-electron chi connectivity index (χ1n) is 7.53. The molecule has 0 atom stereocenters.